The molecule has 1 aromatic rings. The van der Waals surface area contributed by atoms with Crippen LogP contribution >= 0.6 is 19.6 Å². The monoisotopic (exact) mass is 204 g/mol. The van der Waals surface area contributed by atoms with Gasteiger partial charge in [0, 0.05) is 10.9 Å². The molecule has 0 radical (unpaired) electrons. The van der Waals surface area contributed by atoms with Gasteiger partial charge in [-0.25, -0.2) is 0 Å². The summed E-state index contributed by atoms with van der Waals surface area (Å²) in [4.78, 5) is 19.2. The van der Waals surface area contributed by atoms with Gasteiger partial charge in [-0.3, -0.25) is 9.36 Å². The molecule has 0 aliphatic carbocycles. The zero-order chi connectivity index (χ0) is 9.14. The van der Waals surface area contributed by atoms with E-state index in [-0.39, 0.29) is 0 Å². The minimum Gasteiger partial charge on any atom is -0.343 e. The maximum Gasteiger partial charge on any atom is 0.252 e. The van der Waals surface area contributed by atoms with E-state index in [2.05, 4.69) is 0 Å². The smallest absolute Gasteiger partial charge is 0.252 e. The Kier molecular flexibility index (Phi) is 3.04. The highest BCUT2D eigenvalue weighted by Crippen LogP contribution is 2.13. The molecule has 0 heterocycles. The Hall–Kier alpha value is -0.630. The molecule has 1 N–H and O–H groups in total. The molecular weight excluding hydrogens is 199 g/mol. The summed E-state index contributed by atoms with van der Waals surface area (Å²) < 4.78 is 10.5. The van der Waals surface area contributed by atoms with E-state index in [1.54, 1.807) is 0 Å². The van der Waals surface area contributed by atoms with Crippen molar-refractivity contribution in [1.29, 1.82) is 0 Å². The van der Waals surface area contributed by atoms with Gasteiger partial charge in [-0.05, 0) is 35.9 Å². The third-order valence-electron chi connectivity index (χ3n) is 1.36. The minimum absolute atomic E-state index is 0.321. The molecule has 1 rings (SSSR count). The molecule has 5 heteroatoms. The van der Waals surface area contributed by atoms with E-state index in [1.807, 2.05) is 0 Å². The van der Waals surface area contributed by atoms with E-state index >= 15 is 0 Å². The Labute approximate surface area is 74.8 Å². The number of hydrogen-bond acceptors (Lipinski definition) is 2. The van der Waals surface area contributed by atoms with Gasteiger partial charge in [-0.1, -0.05) is 0 Å². The second kappa shape index (κ2) is 3.85. The van der Waals surface area contributed by atoms with Crippen molar-refractivity contribution in [3.8, 4) is 0 Å². The van der Waals surface area contributed by atoms with Crippen LogP contribution in [0.25, 0.3) is 0 Å². The van der Waals surface area contributed by atoms with E-state index in [1.165, 1.54) is 24.3 Å². The first-order chi connectivity index (χ1) is 5.61. The minimum atomic E-state index is -2.66. The van der Waals surface area contributed by atoms with E-state index in [0.29, 0.717) is 10.9 Å². The van der Waals surface area contributed by atoms with Crippen molar-refractivity contribution in [2.45, 2.75) is 0 Å². The maximum atomic E-state index is 10.6. The molecule has 0 saturated carbocycles. The molecule has 0 amide bonds. The number of hydrogen-bond donors (Lipinski definition) is 1. The summed E-state index contributed by atoms with van der Waals surface area (Å²) in [5.41, 5.74) is 0.323. The van der Waals surface area contributed by atoms with Crippen LogP contribution in [0.3, 0.4) is 0 Å². The first kappa shape index (κ1) is 9.46. The molecule has 0 aliphatic heterocycles. The second-order valence-electron chi connectivity index (χ2n) is 2.16. The van der Waals surface area contributed by atoms with E-state index < -0.39 is 13.3 Å². The highest BCUT2D eigenvalue weighted by Gasteiger charge is 2.02. The van der Waals surface area contributed by atoms with Crippen LogP contribution in [0.2, 0.25) is 0 Å². The Balaban J connectivity index is 3.01. The van der Waals surface area contributed by atoms with Crippen molar-refractivity contribution in [2.24, 2.45) is 0 Å². The van der Waals surface area contributed by atoms with Crippen molar-refractivity contribution in [3.05, 3.63) is 29.8 Å². The zero-order valence-electron chi connectivity index (χ0n) is 5.95. The summed E-state index contributed by atoms with van der Waals surface area (Å²) in [5, 5.41) is -0.249. The van der Waals surface area contributed by atoms with Crippen LogP contribution in [0.4, 0.5) is 0 Å². The van der Waals surface area contributed by atoms with Gasteiger partial charge >= 0.3 is 0 Å². The average molecular weight is 205 g/mol. The number of carbonyl (C=O) groups excluding carboxylic acids is 1. The van der Waals surface area contributed by atoms with Crippen molar-refractivity contribution >= 4 is 30.2 Å². The number of halogens is 1. The molecule has 1 atom stereocenters. The van der Waals surface area contributed by atoms with Gasteiger partial charge in [0.05, 0.1) is 0 Å². The SMILES string of the molecule is O=C(Cl)c1ccc([PH](=O)O)cc1. The number of benzene rings is 1. The highest BCUT2D eigenvalue weighted by atomic mass is 35.5. The molecule has 0 spiro atoms. The van der Waals surface area contributed by atoms with Crippen LogP contribution < -0.4 is 5.30 Å². The summed E-state index contributed by atoms with van der Waals surface area (Å²) in [6.45, 7) is 0. The molecule has 64 valence electrons. The van der Waals surface area contributed by atoms with Gasteiger partial charge in [0.1, 0.15) is 0 Å². The molecule has 1 aromatic carbocycles. The molecule has 0 aliphatic rings. The van der Waals surface area contributed by atoms with Crippen LogP contribution in [0.1, 0.15) is 10.4 Å². The Bertz CT molecular complexity index is 287. The third kappa shape index (κ3) is 2.18. The van der Waals surface area contributed by atoms with E-state index in [4.69, 9.17) is 16.5 Å². The Morgan fingerprint density at radius 2 is 1.83 bits per heavy atom. The summed E-state index contributed by atoms with van der Waals surface area (Å²) in [7, 11) is -2.66. The molecule has 0 aromatic heterocycles. The van der Waals surface area contributed by atoms with Gasteiger partial charge in [0.25, 0.3) is 5.24 Å². The maximum absolute atomic E-state index is 10.6. The lowest BCUT2D eigenvalue weighted by Gasteiger charge is -1.95. The fourth-order valence-electron chi connectivity index (χ4n) is 0.744. The molecule has 0 saturated heterocycles. The van der Waals surface area contributed by atoms with Crippen LogP contribution in [0, 0.1) is 0 Å². The Morgan fingerprint density at radius 1 is 1.33 bits per heavy atom. The van der Waals surface area contributed by atoms with Crippen LogP contribution in [-0.2, 0) is 4.57 Å². The lowest BCUT2D eigenvalue weighted by molar-refractivity contribution is 0.108. The molecular formula is C7H6ClO3P. The van der Waals surface area contributed by atoms with Crippen molar-refractivity contribution < 1.29 is 14.3 Å². The topological polar surface area (TPSA) is 54.4 Å². The largest absolute Gasteiger partial charge is 0.343 e. The number of rotatable bonds is 2. The fourth-order valence-corrected chi connectivity index (χ4v) is 1.32. The molecule has 0 fully saturated rings. The van der Waals surface area contributed by atoms with Gasteiger partial charge in [0.2, 0.25) is 8.03 Å². The van der Waals surface area contributed by atoms with Crippen molar-refractivity contribution in [1.82, 2.24) is 0 Å². The van der Waals surface area contributed by atoms with Crippen LogP contribution in [0.15, 0.2) is 24.3 Å². The lowest BCUT2D eigenvalue weighted by Crippen LogP contribution is -1.97. The summed E-state index contributed by atoms with van der Waals surface area (Å²) in [6.07, 6.45) is 0. The van der Waals surface area contributed by atoms with Gasteiger partial charge < -0.3 is 4.89 Å². The third-order valence-corrected chi connectivity index (χ3v) is 2.40. The van der Waals surface area contributed by atoms with Crippen molar-refractivity contribution in [2.75, 3.05) is 0 Å². The fraction of sp³-hybridized carbons (Fsp3) is 0. The van der Waals surface area contributed by atoms with Gasteiger partial charge in [-0.2, -0.15) is 0 Å². The summed E-state index contributed by atoms with van der Waals surface area (Å²) in [6, 6.07) is 5.67. The molecule has 1 unspecified atom stereocenters. The van der Waals surface area contributed by atoms with Gasteiger partial charge in [0.15, 0.2) is 0 Å². The zero-order valence-corrected chi connectivity index (χ0v) is 7.71. The predicted octanol–water partition coefficient (Wildman–Crippen LogP) is 1.16. The van der Waals surface area contributed by atoms with Crippen molar-refractivity contribution in [3.63, 3.8) is 0 Å². The first-order valence-corrected chi connectivity index (χ1v) is 4.88. The first-order valence-electron chi connectivity index (χ1n) is 3.14. The normalized spacial score (nSPS) is 12.5. The quantitative estimate of drug-likeness (QED) is 0.581. The predicted molar refractivity (Wildman–Crippen MR) is 47.5 cm³/mol. The average Bonchev–Trinajstić information content (AvgIpc) is 2.04. The second-order valence-corrected chi connectivity index (χ2v) is 3.69. The molecule has 12 heavy (non-hydrogen) atoms. The number of carbonyl (C=O) groups is 1. The molecule has 0 bridgehead atoms. The highest BCUT2D eigenvalue weighted by molar-refractivity contribution is 7.47. The summed E-state index contributed by atoms with van der Waals surface area (Å²) >= 11 is 5.16. The Morgan fingerprint density at radius 3 is 2.17 bits per heavy atom. The van der Waals surface area contributed by atoms with Crippen LogP contribution in [0.5, 0.6) is 0 Å². The van der Waals surface area contributed by atoms with E-state index in [9.17, 15) is 9.36 Å². The van der Waals surface area contributed by atoms with Crippen LogP contribution in [-0.4, -0.2) is 10.1 Å². The van der Waals surface area contributed by atoms with Gasteiger partial charge in [-0.15, -0.1) is 0 Å². The van der Waals surface area contributed by atoms with E-state index in [0.717, 1.165) is 0 Å². The lowest BCUT2D eigenvalue weighted by atomic mass is 10.2. The molecule has 3 nitrogen and oxygen atoms in total. The summed E-state index contributed by atoms with van der Waals surface area (Å²) in [5.74, 6) is 0. The standard InChI is InChI=1S/C7H6ClO3P/c8-7(9)5-1-3-6(4-2-5)12(10)11/h1-4,12H,(H,10,11).